The molecule has 0 radical (unpaired) electrons. The molecule has 1 atom stereocenters. The largest absolute Gasteiger partial charge is 0.492 e. The second-order valence-corrected chi connectivity index (χ2v) is 7.15. The van der Waals surface area contributed by atoms with E-state index in [4.69, 9.17) is 9.15 Å². The van der Waals surface area contributed by atoms with Crippen LogP contribution >= 0.6 is 0 Å². The molecule has 0 spiro atoms. The molecule has 3 aromatic rings. The van der Waals surface area contributed by atoms with Crippen LogP contribution in [0.1, 0.15) is 35.3 Å². The van der Waals surface area contributed by atoms with E-state index in [9.17, 15) is 4.79 Å². The Morgan fingerprint density at radius 1 is 1.22 bits per heavy atom. The molecule has 3 rings (SSSR count). The van der Waals surface area contributed by atoms with Crippen LogP contribution in [-0.4, -0.2) is 22.2 Å². The van der Waals surface area contributed by atoms with Gasteiger partial charge in [0.1, 0.15) is 23.8 Å². The smallest absolute Gasteiger partial charge is 0.339 e. The maximum absolute atomic E-state index is 11.9. The van der Waals surface area contributed by atoms with Gasteiger partial charge in [-0.15, -0.1) is 0 Å². The van der Waals surface area contributed by atoms with Crippen LogP contribution in [0.4, 0.5) is 0 Å². The van der Waals surface area contributed by atoms with Crippen molar-refractivity contribution in [2.24, 2.45) is 7.05 Å². The maximum atomic E-state index is 11.9. The summed E-state index contributed by atoms with van der Waals surface area (Å²) in [6.07, 6.45) is 0. The molecule has 0 saturated carbocycles. The first-order chi connectivity index (χ1) is 12.8. The van der Waals surface area contributed by atoms with Crippen LogP contribution in [0.5, 0.6) is 5.75 Å². The van der Waals surface area contributed by atoms with Crippen LogP contribution < -0.4 is 15.7 Å². The fraction of sp³-hybridized carbons (Fsp3) is 0.429. The van der Waals surface area contributed by atoms with Gasteiger partial charge in [-0.25, -0.2) is 9.78 Å². The number of nitrogens with one attached hydrogen (secondary N) is 1. The van der Waals surface area contributed by atoms with Crippen molar-refractivity contribution in [3.63, 3.8) is 0 Å². The van der Waals surface area contributed by atoms with E-state index < -0.39 is 0 Å². The number of ether oxygens (including phenoxy) is 1. The number of rotatable bonds is 6. The topological polar surface area (TPSA) is 69.3 Å². The van der Waals surface area contributed by atoms with Crippen LogP contribution in [-0.2, 0) is 13.6 Å². The Morgan fingerprint density at radius 2 is 1.96 bits per heavy atom. The first kappa shape index (κ1) is 19.2. The lowest BCUT2D eigenvalue weighted by atomic mass is 10.1. The summed E-state index contributed by atoms with van der Waals surface area (Å²) in [5.74, 6) is 1.70. The Morgan fingerprint density at radius 3 is 2.63 bits per heavy atom. The van der Waals surface area contributed by atoms with Crippen molar-refractivity contribution < 1.29 is 9.15 Å². The maximum Gasteiger partial charge on any atom is 0.339 e. The molecule has 1 N–H and O–H groups in total. The fourth-order valence-corrected chi connectivity index (χ4v) is 3.01. The Labute approximate surface area is 159 Å². The molecule has 6 heteroatoms. The summed E-state index contributed by atoms with van der Waals surface area (Å²) in [4.78, 5) is 16.5. The summed E-state index contributed by atoms with van der Waals surface area (Å²) in [6, 6.07) is 5.77. The molecule has 0 bridgehead atoms. The van der Waals surface area contributed by atoms with Gasteiger partial charge in [0.25, 0.3) is 0 Å². The summed E-state index contributed by atoms with van der Waals surface area (Å²) in [5.41, 5.74) is 4.09. The SMILES string of the molecule is Cc1nc(CNC(C)COc2ccc3c(C)c(C)c(=O)oc3c2)n(C)c1C. The van der Waals surface area contributed by atoms with Gasteiger partial charge in [0.2, 0.25) is 0 Å². The zero-order valence-corrected chi connectivity index (χ0v) is 16.8. The van der Waals surface area contributed by atoms with E-state index in [1.54, 1.807) is 13.0 Å². The highest BCUT2D eigenvalue weighted by atomic mass is 16.5. The highest BCUT2D eigenvalue weighted by Gasteiger charge is 2.11. The highest BCUT2D eigenvalue weighted by molar-refractivity contribution is 5.82. The van der Waals surface area contributed by atoms with Gasteiger partial charge in [0.15, 0.2) is 0 Å². The molecule has 0 aliphatic rings. The molecule has 2 aromatic heterocycles. The zero-order chi connectivity index (χ0) is 19.7. The van der Waals surface area contributed by atoms with E-state index in [-0.39, 0.29) is 11.7 Å². The fourth-order valence-electron chi connectivity index (χ4n) is 3.01. The predicted molar refractivity (Wildman–Crippen MR) is 106 cm³/mol. The predicted octanol–water partition coefficient (Wildman–Crippen LogP) is 3.32. The van der Waals surface area contributed by atoms with E-state index in [1.807, 2.05) is 33.0 Å². The van der Waals surface area contributed by atoms with Gasteiger partial charge >= 0.3 is 5.63 Å². The molecular formula is C21H27N3O3. The van der Waals surface area contributed by atoms with E-state index in [2.05, 4.69) is 28.7 Å². The number of hydrogen-bond donors (Lipinski definition) is 1. The Balaban J connectivity index is 1.63. The first-order valence-corrected chi connectivity index (χ1v) is 9.17. The van der Waals surface area contributed by atoms with Crippen molar-refractivity contribution in [2.45, 2.75) is 47.2 Å². The molecule has 1 unspecified atom stereocenters. The van der Waals surface area contributed by atoms with Crippen molar-refractivity contribution in [1.82, 2.24) is 14.9 Å². The quantitative estimate of drug-likeness (QED) is 0.675. The average Bonchev–Trinajstić information content (AvgIpc) is 2.89. The molecule has 1 aromatic carbocycles. The third kappa shape index (κ3) is 3.90. The van der Waals surface area contributed by atoms with Gasteiger partial charge in [-0.1, -0.05) is 0 Å². The Kier molecular flexibility index (Phi) is 5.37. The van der Waals surface area contributed by atoms with Crippen molar-refractivity contribution in [2.75, 3.05) is 6.61 Å². The molecule has 0 aliphatic heterocycles. The van der Waals surface area contributed by atoms with E-state index >= 15 is 0 Å². The number of hydrogen-bond acceptors (Lipinski definition) is 5. The van der Waals surface area contributed by atoms with Crippen LogP contribution in [0.25, 0.3) is 11.0 Å². The minimum atomic E-state index is -0.298. The van der Waals surface area contributed by atoms with Crippen LogP contribution in [0.15, 0.2) is 27.4 Å². The second kappa shape index (κ2) is 7.56. The van der Waals surface area contributed by atoms with Crippen LogP contribution in [0.3, 0.4) is 0 Å². The van der Waals surface area contributed by atoms with Crippen LogP contribution in [0.2, 0.25) is 0 Å². The molecule has 0 fully saturated rings. The van der Waals surface area contributed by atoms with E-state index in [0.717, 1.165) is 22.5 Å². The van der Waals surface area contributed by atoms with Gasteiger partial charge in [-0.05, 0) is 52.3 Å². The van der Waals surface area contributed by atoms with Gasteiger partial charge in [-0.2, -0.15) is 0 Å². The van der Waals surface area contributed by atoms with Gasteiger partial charge in [-0.3, -0.25) is 0 Å². The first-order valence-electron chi connectivity index (χ1n) is 9.17. The molecule has 144 valence electrons. The summed E-state index contributed by atoms with van der Waals surface area (Å²) >= 11 is 0. The lowest BCUT2D eigenvalue weighted by Gasteiger charge is -2.15. The number of benzene rings is 1. The van der Waals surface area contributed by atoms with Crippen molar-refractivity contribution in [3.05, 3.63) is 57.0 Å². The molecular weight excluding hydrogens is 342 g/mol. The lowest BCUT2D eigenvalue weighted by molar-refractivity contribution is 0.271. The second-order valence-electron chi connectivity index (χ2n) is 7.15. The lowest BCUT2D eigenvalue weighted by Crippen LogP contribution is -2.32. The number of aromatic nitrogens is 2. The number of fused-ring (bicyclic) bond motifs is 1. The van der Waals surface area contributed by atoms with Gasteiger partial charge in [0.05, 0.1) is 12.2 Å². The normalized spacial score (nSPS) is 12.5. The molecule has 0 aliphatic carbocycles. The van der Waals surface area contributed by atoms with E-state index in [1.165, 1.54) is 5.69 Å². The highest BCUT2D eigenvalue weighted by Crippen LogP contribution is 2.24. The Hall–Kier alpha value is -2.60. The summed E-state index contributed by atoms with van der Waals surface area (Å²) in [5, 5.41) is 4.37. The molecule has 0 amide bonds. The molecule has 27 heavy (non-hydrogen) atoms. The van der Waals surface area contributed by atoms with Crippen molar-refractivity contribution in [1.29, 1.82) is 0 Å². The molecule has 6 nitrogen and oxygen atoms in total. The number of aryl methyl sites for hydroxylation is 2. The van der Waals surface area contributed by atoms with E-state index in [0.29, 0.717) is 30.0 Å². The van der Waals surface area contributed by atoms with Gasteiger partial charge < -0.3 is 19.0 Å². The van der Waals surface area contributed by atoms with Crippen LogP contribution in [0, 0.1) is 27.7 Å². The standard InChI is InChI=1S/C21H27N3O3/c1-12(22-10-20-23-15(4)16(5)24(20)6)11-26-17-7-8-18-13(2)14(3)21(25)27-19(18)9-17/h7-9,12,22H,10-11H2,1-6H3. The summed E-state index contributed by atoms with van der Waals surface area (Å²) in [6.45, 7) is 11.1. The minimum absolute atomic E-state index is 0.143. The monoisotopic (exact) mass is 369 g/mol. The zero-order valence-electron chi connectivity index (χ0n) is 16.8. The average molecular weight is 369 g/mol. The minimum Gasteiger partial charge on any atom is -0.492 e. The summed E-state index contributed by atoms with van der Waals surface area (Å²) < 4.78 is 13.4. The van der Waals surface area contributed by atoms with Crippen molar-refractivity contribution in [3.8, 4) is 5.75 Å². The van der Waals surface area contributed by atoms with Gasteiger partial charge in [0, 0.05) is 35.8 Å². The molecule has 2 heterocycles. The summed E-state index contributed by atoms with van der Waals surface area (Å²) in [7, 11) is 2.03. The Bertz CT molecular complexity index is 1030. The number of imidazole rings is 1. The number of nitrogens with zero attached hydrogens (tertiary/aromatic N) is 2. The third-order valence-electron chi connectivity index (χ3n) is 5.25. The third-order valence-corrected chi connectivity index (χ3v) is 5.25. The van der Waals surface area contributed by atoms with Crippen molar-refractivity contribution >= 4 is 11.0 Å². The molecule has 0 saturated heterocycles.